The number of fused-ring (bicyclic) bond motifs is 1. The molecule has 0 bridgehead atoms. The third-order valence-corrected chi connectivity index (χ3v) is 1.35. The zero-order chi connectivity index (χ0) is 6.10. The Morgan fingerprint density at radius 2 is 2.56 bits per heavy atom. The lowest BCUT2D eigenvalue weighted by Crippen LogP contribution is -1.76. The van der Waals surface area contributed by atoms with Gasteiger partial charge in [0, 0.05) is 6.42 Å². The quantitative estimate of drug-likeness (QED) is 0.500. The first-order valence-corrected chi connectivity index (χ1v) is 2.85. The summed E-state index contributed by atoms with van der Waals surface area (Å²) in [7, 11) is 0. The summed E-state index contributed by atoms with van der Waals surface area (Å²) >= 11 is 0. The molecule has 43 valence electrons. The van der Waals surface area contributed by atoms with E-state index in [0.29, 0.717) is 0 Å². The molecule has 2 rings (SSSR count). The Labute approximate surface area is 54.3 Å². The molecule has 0 aromatic heterocycles. The lowest BCUT2D eigenvalue weighted by molar-refractivity contribution is 0.435. The zero-order valence-corrected chi connectivity index (χ0v) is 4.85. The second-order valence-corrected chi connectivity index (χ2v) is 1.96. The number of rotatable bonds is 0. The van der Waals surface area contributed by atoms with E-state index in [1.807, 2.05) is 18.2 Å². The van der Waals surface area contributed by atoms with Gasteiger partial charge in [-0.3, -0.25) is 0 Å². The van der Waals surface area contributed by atoms with E-state index in [1.165, 1.54) is 5.56 Å². The van der Waals surface area contributed by atoms with Crippen LogP contribution in [0.25, 0.3) is 0 Å². The molecule has 3 radical (unpaired) electrons. The fraction of sp³-hybridized carbons (Fsp3) is 0.125. The Bertz CT molecular complexity index is 195. The van der Waals surface area contributed by atoms with Crippen molar-refractivity contribution in [3.8, 4) is 5.75 Å². The lowest BCUT2D eigenvalue weighted by Gasteiger charge is -1.92. The van der Waals surface area contributed by atoms with Gasteiger partial charge in [-0.05, 0) is 23.8 Å². The molecule has 1 nitrogen and oxygen atoms in total. The zero-order valence-electron chi connectivity index (χ0n) is 4.85. The first kappa shape index (κ1) is 4.86. The van der Waals surface area contributed by atoms with Gasteiger partial charge >= 0.3 is 0 Å². The van der Waals surface area contributed by atoms with Crippen molar-refractivity contribution < 1.29 is 4.74 Å². The van der Waals surface area contributed by atoms with Crippen LogP contribution in [0, 0.1) is 12.7 Å². The van der Waals surface area contributed by atoms with Crippen LogP contribution in [-0.2, 0) is 6.42 Å². The Hall–Kier alpha value is -0.980. The molecule has 0 aliphatic carbocycles. The predicted octanol–water partition coefficient (Wildman–Crippen LogP) is 1.46. The highest BCUT2D eigenvalue weighted by Crippen LogP contribution is 2.25. The van der Waals surface area contributed by atoms with Crippen molar-refractivity contribution in [2.45, 2.75) is 6.42 Å². The summed E-state index contributed by atoms with van der Waals surface area (Å²) < 4.78 is 5.03. The average molecular weight is 117 g/mol. The Morgan fingerprint density at radius 1 is 1.56 bits per heavy atom. The maximum absolute atomic E-state index is 5.03. The molecule has 1 aromatic rings. The van der Waals surface area contributed by atoms with E-state index in [0.717, 1.165) is 12.2 Å². The van der Waals surface area contributed by atoms with E-state index < -0.39 is 0 Å². The SMILES string of the molecule is [C]1Cc2c[c]ccc2O1. The van der Waals surface area contributed by atoms with E-state index in [9.17, 15) is 0 Å². The summed E-state index contributed by atoms with van der Waals surface area (Å²) in [5.41, 5.74) is 1.18. The molecule has 0 N–H and O–H groups in total. The highest BCUT2D eigenvalue weighted by Gasteiger charge is 2.10. The van der Waals surface area contributed by atoms with Gasteiger partial charge in [-0.1, -0.05) is 6.07 Å². The molecule has 9 heavy (non-hydrogen) atoms. The molecule has 1 heteroatoms. The van der Waals surface area contributed by atoms with Crippen LogP contribution in [0.4, 0.5) is 0 Å². The lowest BCUT2D eigenvalue weighted by atomic mass is 10.2. The maximum Gasteiger partial charge on any atom is 0.201 e. The highest BCUT2D eigenvalue weighted by molar-refractivity contribution is 5.37. The third kappa shape index (κ3) is 0.689. The highest BCUT2D eigenvalue weighted by atomic mass is 16.5. The van der Waals surface area contributed by atoms with Crippen LogP contribution < -0.4 is 4.74 Å². The number of hydrogen-bond acceptors (Lipinski definition) is 1. The van der Waals surface area contributed by atoms with Crippen LogP contribution in [0.5, 0.6) is 5.75 Å². The maximum atomic E-state index is 5.03. The molecule has 0 atom stereocenters. The van der Waals surface area contributed by atoms with Crippen molar-refractivity contribution in [1.29, 1.82) is 0 Å². The van der Waals surface area contributed by atoms with Crippen LogP contribution in [0.15, 0.2) is 18.2 Å². The minimum absolute atomic E-state index is 0.798. The summed E-state index contributed by atoms with van der Waals surface area (Å²) in [5.74, 6) is 0.925. The minimum atomic E-state index is 0.798. The number of benzene rings is 1. The van der Waals surface area contributed by atoms with E-state index >= 15 is 0 Å². The van der Waals surface area contributed by atoms with Gasteiger partial charge in [0.15, 0.2) is 0 Å². The normalized spacial score (nSPS) is 14.7. The van der Waals surface area contributed by atoms with E-state index in [1.54, 1.807) is 0 Å². The molecule has 1 aromatic carbocycles. The number of ether oxygens (including phenoxy) is 1. The Morgan fingerprint density at radius 3 is 3.44 bits per heavy atom. The van der Waals surface area contributed by atoms with Crippen molar-refractivity contribution in [2.75, 3.05) is 0 Å². The monoisotopic (exact) mass is 117 g/mol. The summed E-state index contributed by atoms with van der Waals surface area (Å²) in [6.07, 6.45) is 0.798. The third-order valence-electron chi connectivity index (χ3n) is 1.35. The molecular weight excluding hydrogens is 112 g/mol. The molecule has 0 saturated carbocycles. The van der Waals surface area contributed by atoms with Crippen molar-refractivity contribution >= 4 is 0 Å². The molecule has 0 spiro atoms. The first-order chi connectivity index (χ1) is 4.47. The van der Waals surface area contributed by atoms with E-state index in [2.05, 4.69) is 12.7 Å². The minimum Gasteiger partial charge on any atom is -0.478 e. The van der Waals surface area contributed by atoms with Crippen molar-refractivity contribution in [1.82, 2.24) is 0 Å². The molecule has 1 aliphatic rings. The average Bonchev–Trinajstić information content (AvgIpc) is 2.33. The first-order valence-electron chi connectivity index (χ1n) is 2.85. The fourth-order valence-corrected chi connectivity index (χ4v) is 0.880. The van der Waals surface area contributed by atoms with Gasteiger partial charge in [-0.2, -0.15) is 0 Å². The smallest absolute Gasteiger partial charge is 0.201 e. The summed E-state index contributed by atoms with van der Waals surface area (Å²) in [6.45, 7) is 2.77. The summed E-state index contributed by atoms with van der Waals surface area (Å²) in [4.78, 5) is 0. The van der Waals surface area contributed by atoms with E-state index in [4.69, 9.17) is 4.74 Å². The van der Waals surface area contributed by atoms with Crippen LogP contribution >= 0.6 is 0 Å². The van der Waals surface area contributed by atoms with Gasteiger partial charge in [0.1, 0.15) is 5.75 Å². The van der Waals surface area contributed by atoms with Gasteiger partial charge in [0.05, 0.1) is 0 Å². The fourth-order valence-electron chi connectivity index (χ4n) is 0.880. The van der Waals surface area contributed by atoms with Gasteiger partial charge in [-0.25, -0.2) is 0 Å². The Balaban J connectivity index is 2.54. The van der Waals surface area contributed by atoms with Crippen molar-refractivity contribution in [3.63, 3.8) is 0 Å². The predicted molar refractivity (Wildman–Crippen MR) is 32.9 cm³/mol. The van der Waals surface area contributed by atoms with Crippen molar-refractivity contribution in [2.24, 2.45) is 0 Å². The van der Waals surface area contributed by atoms with Crippen LogP contribution in [0.2, 0.25) is 0 Å². The molecule has 0 unspecified atom stereocenters. The summed E-state index contributed by atoms with van der Waals surface area (Å²) in [6, 6.07) is 8.64. The van der Waals surface area contributed by atoms with Gasteiger partial charge in [-0.15, -0.1) is 0 Å². The van der Waals surface area contributed by atoms with Crippen LogP contribution in [0.1, 0.15) is 5.56 Å². The van der Waals surface area contributed by atoms with Gasteiger partial charge in [0.25, 0.3) is 0 Å². The molecule has 0 amide bonds. The Kier molecular flexibility index (Phi) is 0.950. The summed E-state index contributed by atoms with van der Waals surface area (Å²) in [5, 5.41) is 0. The van der Waals surface area contributed by atoms with Gasteiger partial charge < -0.3 is 4.74 Å². The largest absolute Gasteiger partial charge is 0.478 e. The second kappa shape index (κ2) is 1.76. The topological polar surface area (TPSA) is 9.23 Å². The van der Waals surface area contributed by atoms with Crippen LogP contribution in [-0.4, -0.2) is 0 Å². The molecule has 1 heterocycles. The molecule has 1 aliphatic heterocycles. The molecule has 0 fully saturated rings. The van der Waals surface area contributed by atoms with Gasteiger partial charge in [0.2, 0.25) is 6.61 Å². The standard InChI is InChI=1S/C8H5O/c1-2-4-8-7(3-1)5-6-9-8/h2-4H,5H2. The van der Waals surface area contributed by atoms with Crippen molar-refractivity contribution in [3.05, 3.63) is 36.4 Å². The van der Waals surface area contributed by atoms with E-state index in [-0.39, 0.29) is 0 Å². The number of hydrogen-bond donors (Lipinski definition) is 0. The second-order valence-electron chi connectivity index (χ2n) is 1.96. The molecule has 0 saturated heterocycles. The van der Waals surface area contributed by atoms with Crippen LogP contribution in [0.3, 0.4) is 0 Å². The molecular formula is C8H5O.